The second kappa shape index (κ2) is 5.48. The molecule has 4 nitrogen and oxygen atoms in total. The minimum absolute atomic E-state index is 0.0914. The molecule has 1 amide bonds. The summed E-state index contributed by atoms with van der Waals surface area (Å²) < 4.78 is 5.02. The van der Waals surface area contributed by atoms with E-state index in [1.54, 1.807) is 13.0 Å². The first-order valence-corrected chi connectivity index (χ1v) is 6.05. The second-order valence-corrected chi connectivity index (χ2v) is 5.33. The molecule has 0 heterocycles. The first-order valence-electron chi connectivity index (χ1n) is 5.61. The molecular formula is C13H18ClNO3. The third-order valence-corrected chi connectivity index (χ3v) is 3.42. The van der Waals surface area contributed by atoms with Crippen LogP contribution < -0.4 is 10.1 Å². The maximum Gasteiger partial charge on any atom is 0.255 e. The van der Waals surface area contributed by atoms with E-state index in [0.717, 1.165) is 0 Å². The minimum atomic E-state index is -0.575. The van der Waals surface area contributed by atoms with Gasteiger partial charge in [0.2, 0.25) is 0 Å². The average Bonchev–Trinajstić information content (AvgIpc) is 2.28. The number of halogens is 1. The van der Waals surface area contributed by atoms with Gasteiger partial charge in [0.05, 0.1) is 23.6 Å². The van der Waals surface area contributed by atoms with Crippen LogP contribution in [0.1, 0.15) is 31.1 Å². The van der Waals surface area contributed by atoms with E-state index in [1.807, 2.05) is 13.8 Å². The predicted octanol–water partition coefficient (Wildman–Crippen LogP) is 2.54. The fraction of sp³-hybridized carbons (Fsp3) is 0.462. The van der Waals surface area contributed by atoms with Crippen LogP contribution in [0.3, 0.4) is 0 Å². The van der Waals surface area contributed by atoms with Crippen LogP contribution in [0.15, 0.2) is 18.2 Å². The van der Waals surface area contributed by atoms with E-state index in [4.69, 9.17) is 16.3 Å². The van der Waals surface area contributed by atoms with Gasteiger partial charge in [0.1, 0.15) is 11.5 Å². The predicted molar refractivity (Wildman–Crippen MR) is 71.5 cm³/mol. The molecule has 0 spiro atoms. The molecule has 0 aliphatic carbocycles. The summed E-state index contributed by atoms with van der Waals surface area (Å²) in [5, 5.41) is 12.2. The Balaban J connectivity index is 2.97. The number of hydrogen-bond donors (Lipinski definition) is 2. The number of aromatic hydroxyl groups is 1. The standard InChI is InChI=1S/C13H18ClNO3/c1-8(14)13(2,3)15-12(17)10-7-9(18-4)5-6-11(10)16/h5-8,16H,1-4H3,(H,15,17). The van der Waals surface area contributed by atoms with Crippen molar-refractivity contribution in [2.75, 3.05) is 7.11 Å². The lowest BCUT2D eigenvalue weighted by Gasteiger charge is -2.29. The van der Waals surface area contributed by atoms with Crippen molar-refractivity contribution < 1.29 is 14.6 Å². The van der Waals surface area contributed by atoms with Gasteiger partial charge < -0.3 is 15.2 Å². The fourth-order valence-electron chi connectivity index (χ4n) is 1.28. The summed E-state index contributed by atoms with van der Waals surface area (Å²) in [6, 6.07) is 4.49. The van der Waals surface area contributed by atoms with Crippen LogP contribution in [0.4, 0.5) is 0 Å². The first-order chi connectivity index (χ1) is 8.27. The zero-order chi connectivity index (χ0) is 13.9. The maximum absolute atomic E-state index is 12.1. The van der Waals surface area contributed by atoms with Crippen molar-refractivity contribution in [1.29, 1.82) is 0 Å². The molecule has 1 aromatic rings. The third-order valence-electron chi connectivity index (χ3n) is 2.88. The van der Waals surface area contributed by atoms with Crippen molar-refractivity contribution in [3.8, 4) is 11.5 Å². The van der Waals surface area contributed by atoms with Crippen molar-refractivity contribution in [3.63, 3.8) is 0 Å². The molecule has 0 aliphatic heterocycles. The van der Waals surface area contributed by atoms with Crippen LogP contribution in [0.2, 0.25) is 0 Å². The highest BCUT2D eigenvalue weighted by Gasteiger charge is 2.27. The SMILES string of the molecule is COc1ccc(O)c(C(=O)NC(C)(C)C(C)Cl)c1. The first kappa shape index (κ1) is 14.6. The monoisotopic (exact) mass is 271 g/mol. The molecule has 0 aliphatic rings. The van der Waals surface area contributed by atoms with Crippen LogP contribution >= 0.6 is 11.6 Å². The molecule has 0 saturated heterocycles. The highest BCUT2D eigenvalue weighted by atomic mass is 35.5. The van der Waals surface area contributed by atoms with Gasteiger partial charge in [-0.3, -0.25) is 4.79 Å². The lowest BCUT2D eigenvalue weighted by Crippen LogP contribution is -2.49. The Morgan fingerprint density at radius 3 is 2.61 bits per heavy atom. The van der Waals surface area contributed by atoms with Gasteiger partial charge in [0.25, 0.3) is 5.91 Å². The lowest BCUT2D eigenvalue weighted by molar-refractivity contribution is 0.0909. The molecule has 0 saturated carbocycles. The van der Waals surface area contributed by atoms with Gasteiger partial charge in [-0.1, -0.05) is 0 Å². The number of benzene rings is 1. The number of phenolic OH excluding ortho intramolecular Hbond substituents is 1. The van der Waals surface area contributed by atoms with Gasteiger partial charge in [0, 0.05) is 0 Å². The van der Waals surface area contributed by atoms with Crippen molar-refractivity contribution in [2.45, 2.75) is 31.7 Å². The molecule has 0 aromatic heterocycles. The summed E-state index contributed by atoms with van der Waals surface area (Å²) in [5.74, 6) is 0.0323. The average molecular weight is 272 g/mol. The van der Waals surface area contributed by atoms with Gasteiger partial charge in [0.15, 0.2) is 0 Å². The van der Waals surface area contributed by atoms with Gasteiger partial charge in [-0.25, -0.2) is 0 Å². The number of phenols is 1. The number of amides is 1. The zero-order valence-corrected chi connectivity index (χ0v) is 11.7. The smallest absolute Gasteiger partial charge is 0.255 e. The number of nitrogens with one attached hydrogen (secondary N) is 1. The zero-order valence-electron chi connectivity index (χ0n) is 11.0. The van der Waals surface area contributed by atoms with Crippen LogP contribution in [-0.4, -0.2) is 29.0 Å². The molecule has 18 heavy (non-hydrogen) atoms. The van der Waals surface area contributed by atoms with Crippen LogP contribution in [-0.2, 0) is 0 Å². The van der Waals surface area contributed by atoms with Gasteiger partial charge in [-0.2, -0.15) is 0 Å². The number of carbonyl (C=O) groups is 1. The Bertz CT molecular complexity index is 444. The molecule has 100 valence electrons. The molecule has 0 fully saturated rings. The van der Waals surface area contributed by atoms with E-state index in [0.29, 0.717) is 5.75 Å². The highest BCUT2D eigenvalue weighted by Crippen LogP contribution is 2.24. The molecular weight excluding hydrogens is 254 g/mol. The molecule has 1 aromatic carbocycles. The van der Waals surface area contributed by atoms with Gasteiger partial charge in [-0.05, 0) is 39.0 Å². The quantitative estimate of drug-likeness (QED) is 0.828. The minimum Gasteiger partial charge on any atom is -0.507 e. The van der Waals surface area contributed by atoms with E-state index in [-0.39, 0.29) is 22.6 Å². The van der Waals surface area contributed by atoms with Crippen molar-refractivity contribution in [2.24, 2.45) is 0 Å². The Morgan fingerprint density at radius 2 is 2.11 bits per heavy atom. The topological polar surface area (TPSA) is 58.6 Å². The summed E-state index contributed by atoms with van der Waals surface area (Å²) >= 11 is 6.00. The van der Waals surface area contributed by atoms with Crippen LogP contribution in [0, 0.1) is 0 Å². The summed E-state index contributed by atoms with van der Waals surface area (Å²) in [6.07, 6.45) is 0. The van der Waals surface area contributed by atoms with Crippen molar-refractivity contribution in [1.82, 2.24) is 5.32 Å². The highest BCUT2D eigenvalue weighted by molar-refractivity contribution is 6.21. The Labute approximate surface area is 112 Å². The summed E-state index contributed by atoms with van der Waals surface area (Å²) in [7, 11) is 1.50. The summed E-state index contributed by atoms with van der Waals surface area (Å²) in [5.41, 5.74) is -0.409. The van der Waals surface area contributed by atoms with Crippen LogP contribution in [0.5, 0.6) is 11.5 Å². The van der Waals surface area contributed by atoms with E-state index >= 15 is 0 Å². The van der Waals surface area contributed by atoms with Crippen LogP contribution in [0.25, 0.3) is 0 Å². The molecule has 5 heteroatoms. The molecule has 1 rings (SSSR count). The summed E-state index contributed by atoms with van der Waals surface area (Å²) in [6.45, 7) is 5.44. The largest absolute Gasteiger partial charge is 0.507 e. The third kappa shape index (κ3) is 3.29. The van der Waals surface area contributed by atoms with Gasteiger partial charge >= 0.3 is 0 Å². The normalized spacial score (nSPS) is 12.9. The molecule has 1 atom stereocenters. The van der Waals surface area contributed by atoms with Crippen molar-refractivity contribution in [3.05, 3.63) is 23.8 Å². The fourth-order valence-corrected chi connectivity index (χ4v) is 1.34. The number of rotatable bonds is 4. The van der Waals surface area contributed by atoms with E-state index in [9.17, 15) is 9.90 Å². The molecule has 2 N–H and O–H groups in total. The molecule has 0 radical (unpaired) electrons. The maximum atomic E-state index is 12.1. The number of hydrogen-bond acceptors (Lipinski definition) is 3. The second-order valence-electron chi connectivity index (χ2n) is 4.67. The molecule has 0 bridgehead atoms. The number of ether oxygens (including phenoxy) is 1. The summed E-state index contributed by atoms with van der Waals surface area (Å²) in [4.78, 5) is 12.1. The van der Waals surface area contributed by atoms with E-state index < -0.39 is 5.54 Å². The van der Waals surface area contributed by atoms with E-state index in [1.165, 1.54) is 19.2 Å². The van der Waals surface area contributed by atoms with Crippen molar-refractivity contribution >= 4 is 17.5 Å². The Hall–Kier alpha value is -1.42. The Kier molecular flexibility index (Phi) is 4.46. The number of alkyl halides is 1. The lowest BCUT2D eigenvalue weighted by atomic mass is 10.0. The molecule has 1 unspecified atom stereocenters. The number of methoxy groups -OCH3 is 1. The Morgan fingerprint density at radius 1 is 1.50 bits per heavy atom. The number of carbonyl (C=O) groups excluding carboxylic acids is 1. The van der Waals surface area contributed by atoms with Gasteiger partial charge in [-0.15, -0.1) is 11.6 Å². The van der Waals surface area contributed by atoms with E-state index in [2.05, 4.69) is 5.32 Å².